The number of pyridine rings is 2. The third-order valence-corrected chi connectivity index (χ3v) is 5.14. The predicted molar refractivity (Wildman–Crippen MR) is 124 cm³/mol. The van der Waals surface area contributed by atoms with Gasteiger partial charge in [-0.05, 0) is 17.7 Å². The molecule has 3 heterocycles. The summed E-state index contributed by atoms with van der Waals surface area (Å²) in [5.74, 6) is 1.18. The number of hydrogen-bond acceptors (Lipinski definition) is 5. The van der Waals surface area contributed by atoms with Gasteiger partial charge in [0.2, 0.25) is 0 Å². The van der Waals surface area contributed by atoms with Crippen molar-refractivity contribution in [1.29, 1.82) is 0 Å². The molecule has 0 bridgehead atoms. The molecule has 5 rings (SSSR count). The van der Waals surface area contributed by atoms with Gasteiger partial charge in [-0.25, -0.2) is 9.67 Å². The van der Waals surface area contributed by atoms with Crippen LogP contribution in [-0.4, -0.2) is 19.7 Å². The van der Waals surface area contributed by atoms with Crippen molar-refractivity contribution in [3.05, 3.63) is 114 Å². The summed E-state index contributed by atoms with van der Waals surface area (Å²) in [6, 6.07) is 27.2. The van der Waals surface area contributed by atoms with E-state index in [1.165, 1.54) is 12.4 Å². The standard InChI is InChI=1S/C26H21N5O2/c32-30-15-12-22(13-16-30)26-28-25(29-31(26)19-33-18-20-7-3-1-4-8-20)23-11-14-27-24(17-23)21-9-5-2-6-10-21/h1-17H,18-19H2. The zero-order chi connectivity index (χ0) is 22.5. The van der Waals surface area contributed by atoms with Crippen molar-refractivity contribution in [3.8, 4) is 34.0 Å². The lowest BCUT2D eigenvalue weighted by atomic mass is 10.1. The van der Waals surface area contributed by atoms with E-state index in [4.69, 9.17) is 14.8 Å². The summed E-state index contributed by atoms with van der Waals surface area (Å²) in [6.45, 7) is 0.679. The van der Waals surface area contributed by atoms with Crippen molar-refractivity contribution in [2.75, 3.05) is 0 Å². The van der Waals surface area contributed by atoms with E-state index in [0.29, 0.717) is 18.3 Å². The Morgan fingerprint density at radius 2 is 1.55 bits per heavy atom. The quantitative estimate of drug-likeness (QED) is 0.278. The van der Waals surface area contributed by atoms with E-state index >= 15 is 0 Å². The van der Waals surface area contributed by atoms with Gasteiger partial charge in [0.25, 0.3) is 0 Å². The highest BCUT2D eigenvalue weighted by Crippen LogP contribution is 2.25. The fourth-order valence-corrected chi connectivity index (χ4v) is 3.49. The van der Waals surface area contributed by atoms with Crippen LogP contribution in [-0.2, 0) is 18.1 Å². The van der Waals surface area contributed by atoms with Gasteiger partial charge in [-0.3, -0.25) is 4.98 Å². The molecule has 0 spiro atoms. The molecular weight excluding hydrogens is 414 g/mol. The minimum absolute atomic E-state index is 0.222. The van der Waals surface area contributed by atoms with Crippen molar-refractivity contribution in [3.63, 3.8) is 0 Å². The Balaban J connectivity index is 1.47. The Labute approximate surface area is 191 Å². The van der Waals surface area contributed by atoms with E-state index < -0.39 is 0 Å². The van der Waals surface area contributed by atoms with Crippen LogP contribution >= 0.6 is 0 Å². The summed E-state index contributed by atoms with van der Waals surface area (Å²) in [6.07, 6.45) is 4.64. The number of aromatic nitrogens is 5. The zero-order valence-corrected chi connectivity index (χ0v) is 17.8. The van der Waals surface area contributed by atoms with Crippen molar-refractivity contribution < 1.29 is 9.47 Å². The van der Waals surface area contributed by atoms with E-state index in [9.17, 15) is 5.21 Å². The van der Waals surface area contributed by atoms with Gasteiger partial charge in [0, 0.05) is 35.0 Å². The molecular formula is C26H21N5O2. The second-order valence-corrected chi connectivity index (χ2v) is 7.46. The summed E-state index contributed by atoms with van der Waals surface area (Å²) in [4.78, 5) is 9.26. The summed E-state index contributed by atoms with van der Waals surface area (Å²) in [7, 11) is 0. The van der Waals surface area contributed by atoms with Crippen molar-refractivity contribution >= 4 is 0 Å². The predicted octanol–water partition coefficient (Wildman–Crippen LogP) is 4.48. The number of nitrogens with zero attached hydrogens (tertiary/aromatic N) is 5. The first-order chi connectivity index (χ1) is 16.3. The van der Waals surface area contributed by atoms with Gasteiger partial charge in [0.1, 0.15) is 6.73 Å². The monoisotopic (exact) mass is 435 g/mol. The second kappa shape index (κ2) is 9.42. The van der Waals surface area contributed by atoms with Crippen LogP contribution in [0, 0.1) is 5.21 Å². The number of hydrogen-bond donors (Lipinski definition) is 0. The Bertz CT molecular complexity index is 1340. The molecule has 0 radical (unpaired) electrons. The van der Waals surface area contributed by atoms with Crippen LogP contribution in [0.4, 0.5) is 0 Å². The molecule has 3 aromatic heterocycles. The molecule has 0 atom stereocenters. The molecule has 0 aliphatic heterocycles. The van der Waals surface area contributed by atoms with Gasteiger partial charge >= 0.3 is 0 Å². The molecule has 0 saturated heterocycles. The molecule has 0 N–H and O–H groups in total. The molecule has 0 aliphatic carbocycles. The SMILES string of the molecule is [O-][n+]1ccc(-c2nc(-c3ccnc(-c4ccccc4)c3)nn2COCc2ccccc2)cc1. The zero-order valence-electron chi connectivity index (χ0n) is 17.8. The first-order valence-corrected chi connectivity index (χ1v) is 10.5. The van der Waals surface area contributed by atoms with Crippen molar-refractivity contribution in [1.82, 2.24) is 19.7 Å². The van der Waals surface area contributed by atoms with Crippen LogP contribution in [0.1, 0.15) is 5.56 Å². The number of benzene rings is 2. The van der Waals surface area contributed by atoms with Crippen molar-refractivity contribution in [2.45, 2.75) is 13.3 Å². The lowest BCUT2D eigenvalue weighted by Gasteiger charge is -2.07. The second-order valence-electron chi connectivity index (χ2n) is 7.46. The summed E-state index contributed by atoms with van der Waals surface area (Å²) in [5, 5.41) is 16.2. The molecule has 7 nitrogen and oxygen atoms in total. The third kappa shape index (κ3) is 4.78. The molecule has 0 saturated carbocycles. The van der Waals surface area contributed by atoms with Crippen LogP contribution in [0.3, 0.4) is 0 Å². The van der Waals surface area contributed by atoms with Crippen LogP contribution in [0.5, 0.6) is 0 Å². The maximum Gasteiger partial charge on any atom is 0.181 e. The fourth-order valence-electron chi connectivity index (χ4n) is 3.49. The smallest absolute Gasteiger partial charge is 0.181 e. The van der Waals surface area contributed by atoms with Gasteiger partial charge in [0.15, 0.2) is 24.0 Å². The maximum absolute atomic E-state index is 11.5. The van der Waals surface area contributed by atoms with E-state index in [-0.39, 0.29) is 6.73 Å². The molecule has 0 aliphatic rings. The van der Waals surface area contributed by atoms with E-state index in [0.717, 1.165) is 32.7 Å². The van der Waals surface area contributed by atoms with Gasteiger partial charge in [-0.15, -0.1) is 5.10 Å². The topological polar surface area (TPSA) is 79.8 Å². The molecule has 162 valence electrons. The normalized spacial score (nSPS) is 10.9. The molecule has 0 fully saturated rings. The maximum atomic E-state index is 11.5. The Morgan fingerprint density at radius 1 is 0.818 bits per heavy atom. The average Bonchev–Trinajstić information content (AvgIpc) is 3.30. The van der Waals surface area contributed by atoms with Crippen LogP contribution in [0.15, 0.2) is 104 Å². The highest BCUT2D eigenvalue weighted by Gasteiger charge is 2.15. The van der Waals surface area contributed by atoms with Crippen LogP contribution in [0.2, 0.25) is 0 Å². The average molecular weight is 435 g/mol. The van der Waals surface area contributed by atoms with E-state index in [2.05, 4.69) is 4.98 Å². The lowest BCUT2D eigenvalue weighted by Crippen LogP contribution is -2.23. The molecule has 0 amide bonds. The minimum Gasteiger partial charge on any atom is -0.619 e. The minimum atomic E-state index is 0.222. The largest absolute Gasteiger partial charge is 0.619 e. The van der Waals surface area contributed by atoms with E-state index in [1.54, 1.807) is 23.0 Å². The highest BCUT2D eigenvalue weighted by molar-refractivity contribution is 5.68. The first kappa shape index (κ1) is 20.5. The molecule has 7 heteroatoms. The van der Waals surface area contributed by atoms with Gasteiger partial charge in [0.05, 0.1) is 12.3 Å². The first-order valence-electron chi connectivity index (χ1n) is 10.5. The molecule has 33 heavy (non-hydrogen) atoms. The van der Waals surface area contributed by atoms with Crippen LogP contribution < -0.4 is 4.73 Å². The number of ether oxygens (including phenoxy) is 1. The summed E-state index contributed by atoms with van der Waals surface area (Å²) < 4.78 is 8.37. The van der Waals surface area contributed by atoms with Gasteiger partial charge in [-0.2, -0.15) is 4.73 Å². The summed E-state index contributed by atoms with van der Waals surface area (Å²) in [5.41, 5.74) is 4.57. The van der Waals surface area contributed by atoms with Crippen LogP contribution in [0.25, 0.3) is 34.0 Å². The molecule has 5 aromatic rings. The number of rotatable bonds is 7. The van der Waals surface area contributed by atoms with Crippen molar-refractivity contribution in [2.24, 2.45) is 0 Å². The van der Waals surface area contributed by atoms with Gasteiger partial charge < -0.3 is 9.94 Å². The molecule has 2 aromatic carbocycles. The van der Waals surface area contributed by atoms with E-state index in [1.807, 2.05) is 72.8 Å². The fraction of sp³-hybridized carbons (Fsp3) is 0.0769. The summed E-state index contributed by atoms with van der Waals surface area (Å²) >= 11 is 0. The Hall–Kier alpha value is -4.36. The van der Waals surface area contributed by atoms with Gasteiger partial charge in [-0.1, -0.05) is 60.7 Å². The Kier molecular flexibility index (Phi) is 5.86. The Morgan fingerprint density at radius 3 is 2.30 bits per heavy atom. The third-order valence-electron chi connectivity index (χ3n) is 5.14. The lowest BCUT2D eigenvalue weighted by molar-refractivity contribution is -0.605. The molecule has 0 unspecified atom stereocenters. The highest BCUT2D eigenvalue weighted by atomic mass is 16.5.